The number of piperidine rings is 1. The molecule has 0 saturated carbocycles. The van der Waals surface area contributed by atoms with E-state index in [1.165, 1.54) is 0 Å². The van der Waals surface area contributed by atoms with Gasteiger partial charge in [0, 0.05) is 19.6 Å². The first-order valence-electron chi connectivity index (χ1n) is 9.98. The number of nitrogens with one attached hydrogen (secondary N) is 1. The molecule has 1 saturated heterocycles. The minimum atomic E-state index is -0.357. The van der Waals surface area contributed by atoms with Crippen LogP contribution in [0.4, 0.5) is 0 Å². The fraction of sp³-hybridized carbons (Fsp3) is 0.619. The lowest BCUT2D eigenvalue weighted by molar-refractivity contribution is -0.149. The second-order valence-corrected chi connectivity index (χ2v) is 6.78. The summed E-state index contributed by atoms with van der Waals surface area (Å²) in [6.45, 7) is 5.19. The summed E-state index contributed by atoms with van der Waals surface area (Å²) < 4.78 is 10.9. The number of amides is 1. The highest BCUT2D eigenvalue weighted by atomic mass is 16.5. The zero-order valence-corrected chi connectivity index (χ0v) is 16.3. The smallest absolute Gasteiger partial charge is 0.325 e. The molecule has 1 N–H and O–H groups in total. The molecule has 2 rings (SSSR count). The van der Waals surface area contributed by atoms with Crippen LogP contribution in [0.15, 0.2) is 30.3 Å². The van der Waals surface area contributed by atoms with Crippen LogP contribution in [0.1, 0.15) is 38.2 Å². The Morgan fingerprint density at radius 2 is 1.93 bits per heavy atom. The molecule has 0 aliphatic carbocycles. The number of carbonyl (C=O) groups excluding carboxylic acids is 2. The van der Waals surface area contributed by atoms with Gasteiger partial charge in [-0.05, 0) is 51.3 Å². The van der Waals surface area contributed by atoms with Crippen molar-refractivity contribution in [2.24, 2.45) is 0 Å². The molecule has 1 aromatic carbocycles. The zero-order valence-electron chi connectivity index (χ0n) is 16.3. The molecule has 6 heteroatoms. The number of hydrogen-bond acceptors (Lipinski definition) is 5. The predicted molar refractivity (Wildman–Crippen MR) is 104 cm³/mol. The number of ether oxygens (including phenoxy) is 2. The molecule has 0 radical (unpaired) electrons. The third-order valence-electron chi connectivity index (χ3n) is 4.67. The molecular formula is C21H32N2O4. The van der Waals surface area contributed by atoms with Crippen LogP contribution in [0.25, 0.3) is 0 Å². The van der Waals surface area contributed by atoms with Crippen LogP contribution < -0.4 is 5.32 Å². The summed E-state index contributed by atoms with van der Waals surface area (Å²) in [7, 11) is 0. The molecule has 1 aliphatic rings. The summed E-state index contributed by atoms with van der Waals surface area (Å²) in [5, 5.41) is 3.31. The van der Waals surface area contributed by atoms with Gasteiger partial charge in [-0.25, -0.2) is 0 Å². The van der Waals surface area contributed by atoms with Crippen molar-refractivity contribution < 1.29 is 19.1 Å². The number of rotatable bonds is 11. The van der Waals surface area contributed by atoms with E-state index in [1.807, 2.05) is 30.3 Å². The number of esters is 1. The van der Waals surface area contributed by atoms with Gasteiger partial charge in [-0.15, -0.1) is 0 Å². The van der Waals surface area contributed by atoms with Crippen molar-refractivity contribution in [3.8, 4) is 0 Å². The van der Waals surface area contributed by atoms with Crippen molar-refractivity contribution in [2.45, 2.75) is 45.1 Å². The van der Waals surface area contributed by atoms with Crippen LogP contribution in [0.3, 0.4) is 0 Å². The zero-order chi connectivity index (χ0) is 19.3. The van der Waals surface area contributed by atoms with Gasteiger partial charge in [0.15, 0.2) is 0 Å². The minimum absolute atomic E-state index is 0.00859. The monoisotopic (exact) mass is 376 g/mol. The van der Waals surface area contributed by atoms with Crippen LogP contribution in [0, 0.1) is 0 Å². The highest BCUT2D eigenvalue weighted by Gasteiger charge is 2.18. The molecule has 1 aromatic rings. The van der Waals surface area contributed by atoms with Crippen LogP contribution in [-0.2, 0) is 25.5 Å². The van der Waals surface area contributed by atoms with Gasteiger partial charge in [-0.2, -0.15) is 0 Å². The predicted octanol–water partition coefficient (Wildman–Crippen LogP) is 2.17. The van der Waals surface area contributed by atoms with Crippen molar-refractivity contribution >= 4 is 11.9 Å². The molecule has 1 amide bonds. The Labute approximate surface area is 162 Å². The summed E-state index contributed by atoms with van der Waals surface area (Å²) in [5.41, 5.74) is 1.15. The molecule has 0 atom stereocenters. The summed E-state index contributed by atoms with van der Waals surface area (Å²) in [6, 6.07) is 9.98. The number of carbonyl (C=O) groups is 2. The topological polar surface area (TPSA) is 67.9 Å². The molecule has 0 bridgehead atoms. The fourth-order valence-corrected chi connectivity index (χ4v) is 3.16. The van der Waals surface area contributed by atoms with E-state index in [1.54, 1.807) is 11.8 Å². The van der Waals surface area contributed by atoms with Gasteiger partial charge in [-0.1, -0.05) is 30.3 Å². The number of benzene rings is 1. The quantitative estimate of drug-likeness (QED) is 0.474. The van der Waals surface area contributed by atoms with E-state index in [2.05, 4.69) is 5.32 Å². The molecule has 0 spiro atoms. The Hall–Kier alpha value is -1.92. The summed E-state index contributed by atoms with van der Waals surface area (Å²) in [4.78, 5) is 26.1. The van der Waals surface area contributed by atoms with E-state index in [-0.39, 0.29) is 18.4 Å². The van der Waals surface area contributed by atoms with Crippen LogP contribution in [0.2, 0.25) is 0 Å². The normalized spacial score (nSPS) is 14.7. The highest BCUT2D eigenvalue weighted by molar-refractivity contribution is 5.82. The third-order valence-corrected chi connectivity index (χ3v) is 4.67. The summed E-state index contributed by atoms with van der Waals surface area (Å²) in [5.74, 6) is -0.377. The van der Waals surface area contributed by atoms with Crippen LogP contribution in [0.5, 0.6) is 0 Å². The van der Waals surface area contributed by atoms with Gasteiger partial charge in [-0.3, -0.25) is 9.59 Å². The SMILES string of the molecule is CCOC(=O)CN(CCc1ccccc1)C(=O)CCCOC1CCNCC1. The largest absolute Gasteiger partial charge is 0.465 e. The second kappa shape index (κ2) is 12.5. The molecule has 1 heterocycles. The Balaban J connectivity index is 1.77. The second-order valence-electron chi connectivity index (χ2n) is 6.78. The van der Waals surface area contributed by atoms with Gasteiger partial charge >= 0.3 is 5.97 Å². The average molecular weight is 376 g/mol. The van der Waals surface area contributed by atoms with Gasteiger partial charge in [0.2, 0.25) is 5.91 Å². The molecule has 150 valence electrons. The molecule has 1 aliphatic heterocycles. The molecule has 1 fully saturated rings. The number of nitrogens with zero attached hydrogens (tertiary/aromatic N) is 1. The molecular weight excluding hydrogens is 344 g/mol. The van der Waals surface area contributed by atoms with E-state index in [9.17, 15) is 9.59 Å². The Morgan fingerprint density at radius 1 is 1.19 bits per heavy atom. The van der Waals surface area contributed by atoms with Crippen molar-refractivity contribution in [3.63, 3.8) is 0 Å². The molecule has 27 heavy (non-hydrogen) atoms. The fourth-order valence-electron chi connectivity index (χ4n) is 3.16. The van der Waals surface area contributed by atoms with E-state index >= 15 is 0 Å². The molecule has 0 aromatic heterocycles. The van der Waals surface area contributed by atoms with E-state index in [0.29, 0.717) is 38.7 Å². The lowest BCUT2D eigenvalue weighted by atomic mass is 10.1. The minimum Gasteiger partial charge on any atom is -0.465 e. The van der Waals surface area contributed by atoms with E-state index in [4.69, 9.17) is 9.47 Å². The van der Waals surface area contributed by atoms with Gasteiger partial charge in [0.1, 0.15) is 6.54 Å². The number of hydrogen-bond donors (Lipinski definition) is 1. The summed E-state index contributed by atoms with van der Waals surface area (Å²) >= 11 is 0. The maximum Gasteiger partial charge on any atom is 0.325 e. The van der Waals surface area contributed by atoms with Crippen molar-refractivity contribution in [2.75, 3.05) is 39.4 Å². The first-order valence-corrected chi connectivity index (χ1v) is 9.98. The average Bonchev–Trinajstić information content (AvgIpc) is 2.70. The Morgan fingerprint density at radius 3 is 2.63 bits per heavy atom. The maximum atomic E-state index is 12.6. The van der Waals surface area contributed by atoms with Gasteiger partial charge in [0.05, 0.1) is 12.7 Å². The van der Waals surface area contributed by atoms with Crippen molar-refractivity contribution in [1.82, 2.24) is 10.2 Å². The third kappa shape index (κ3) is 8.54. The van der Waals surface area contributed by atoms with Gasteiger partial charge in [0.25, 0.3) is 0 Å². The van der Waals surface area contributed by atoms with Crippen molar-refractivity contribution in [3.05, 3.63) is 35.9 Å². The first-order chi connectivity index (χ1) is 13.2. The van der Waals surface area contributed by atoms with Crippen LogP contribution >= 0.6 is 0 Å². The maximum absolute atomic E-state index is 12.6. The summed E-state index contributed by atoms with van der Waals surface area (Å²) in [6.07, 6.45) is 4.14. The Bertz CT molecular complexity index is 559. The van der Waals surface area contributed by atoms with E-state index in [0.717, 1.165) is 37.9 Å². The standard InChI is InChI=1S/C21H32N2O4/c1-2-26-21(25)17-23(15-12-18-7-4-3-5-8-18)20(24)9-6-16-27-19-10-13-22-14-11-19/h3-5,7-8,19,22H,2,6,9-17H2,1H3. The van der Waals surface area contributed by atoms with Gasteiger partial charge < -0.3 is 19.7 Å². The first kappa shape index (κ1) is 21.4. The van der Waals surface area contributed by atoms with Crippen molar-refractivity contribution in [1.29, 1.82) is 0 Å². The lowest BCUT2D eigenvalue weighted by Gasteiger charge is -2.24. The molecule has 6 nitrogen and oxygen atoms in total. The Kier molecular flexibility index (Phi) is 9.87. The van der Waals surface area contributed by atoms with Crippen LogP contribution in [-0.4, -0.2) is 62.3 Å². The molecule has 0 unspecified atom stereocenters. The van der Waals surface area contributed by atoms with E-state index < -0.39 is 0 Å². The highest BCUT2D eigenvalue weighted by Crippen LogP contribution is 2.09. The lowest BCUT2D eigenvalue weighted by Crippen LogP contribution is -2.38.